The Kier molecular flexibility index (Phi) is 4.85. The fourth-order valence-corrected chi connectivity index (χ4v) is 3.39. The molecule has 1 fully saturated rings. The molecule has 3 heterocycles. The molecule has 150 valence electrons. The Bertz CT molecular complexity index is 1090. The molecule has 2 aromatic heterocycles. The maximum Gasteiger partial charge on any atom is 0.271 e. The lowest BCUT2D eigenvalue weighted by molar-refractivity contribution is -0.384. The van der Waals surface area contributed by atoms with Gasteiger partial charge in [-0.25, -0.2) is 0 Å². The quantitative estimate of drug-likeness (QED) is 0.531. The van der Waals surface area contributed by atoms with Gasteiger partial charge >= 0.3 is 0 Å². The number of nitrogens with one attached hydrogen (secondary N) is 1. The van der Waals surface area contributed by atoms with E-state index in [9.17, 15) is 14.9 Å². The fraction of sp³-hybridized carbons (Fsp3) is 0.316. The minimum atomic E-state index is -0.462. The Balaban J connectivity index is 1.66. The number of nitro groups is 1. The van der Waals surface area contributed by atoms with Crippen LogP contribution >= 0.6 is 0 Å². The molecule has 4 rings (SSSR count). The number of nitro benzene ring substituents is 1. The van der Waals surface area contributed by atoms with Gasteiger partial charge in [0.2, 0.25) is 0 Å². The number of non-ortho nitro benzene ring substituents is 1. The van der Waals surface area contributed by atoms with Gasteiger partial charge in [-0.2, -0.15) is 0 Å². The number of aromatic nitrogens is 3. The number of carbonyl (C=O) groups is 1. The number of hydrogen-bond donors (Lipinski definition) is 1. The number of pyridine rings is 1. The molecule has 0 unspecified atom stereocenters. The summed E-state index contributed by atoms with van der Waals surface area (Å²) in [5.74, 6) is 0.319. The van der Waals surface area contributed by atoms with Crippen LogP contribution in [0.25, 0.3) is 5.65 Å². The summed E-state index contributed by atoms with van der Waals surface area (Å²) in [6.07, 6.45) is 1.66. The van der Waals surface area contributed by atoms with E-state index in [0.29, 0.717) is 22.7 Å². The second-order valence-corrected chi connectivity index (χ2v) is 7.10. The van der Waals surface area contributed by atoms with Crippen molar-refractivity contribution in [2.24, 2.45) is 0 Å². The van der Waals surface area contributed by atoms with E-state index < -0.39 is 4.92 Å². The summed E-state index contributed by atoms with van der Waals surface area (Å²) < 4.78 is 1.73. The number of hydrogen-bond acceptors (Lipinski definition) is 7. The minimum Gasteiger partial charge on any atom is -0.367 e. The summed E-state index contributed by atoms with van der Waals surface area (Å²) in [6.45, 7) is 5.13. The SMILES string of the molecule is Cc1nnc2ccc(C(=O)Nc3cc([N+](=O)[O-])ccc3N3CCN(C)CC3)cn12. The number of likely N-dealkylation sites (N-methyl/N-ethyl adjacent to an activating group) is 1. The van der Waals surface area contributed by atoms with Crippen LogP contribution in [-0.2, 0) is 0 Å². The summed E-state index contributed by atoms with van der Waals surface area (Å²) in [6, 6.07) is 7.95. The van der Waals surface area contributed by atoms with Gasteiger partial charge < -0.3 is 15.1 Å². The first kappa shape index (κ1) is 18.8. The van der Waals surface area contributed by atoms with Gasteiger partial charge in [-0.15, -0.1) is 10.2 Å². The van der Waals surface area contributed by atoms with Crippen molar-refractivity contribution in [2.45, 2.75) is 6.92 Å². The number of nitrogens with zero attached hydrogens (tertiary/aromatic N) is 6. The summed E-state index contributed by atoms with van der Waals surface area (Å²) in [7, 11) is 2.05. The van der Waals surface area contributed by atoms with E-state index in [1.165, 1.54) is 12.1 Å². The summed E-state index contributed by atoms with van der Waals surface area (Å²) >= 11 is 0. The van der Waals surface area contributed by atoms with E-state index >= 15 is 0 Å². The van der Waals surface area contributed by atoms with Gasteiger partial charge in [0.1, 0.15) is 5.82 Å². The third-order valence-corrected chi connectivity index (χ3v) is 5.12. The van der Waals surface area contributed by atoms with Crippen LogP contribution in [0.15, 0.2) is 36.5 Å². The van der Waals surface area contributed by atoms with E-state index in [4.69, 9.17) is 0 Å². The predicted octanol–water partition coefficient (Wildman–Crippen LogP) is 1.95. The second-order valence-electron chi connectivity index (χ2n) is 7.10. The van der Waals surface area contributed by atoms with Crippen LogP contribution < -0.4 is 10.2 Å². The molecule has 3 aromatic rings. The highest BCUT2D eigenvalue weighted by atomic mass is 16.6. The number of fused-ring (bicyclic) bond motifs is 1. The van der Waals surface area contributed by atoms with Gasteiger partial charge in [0.15, 0.2) is 5.65 Å². The highest BCUT2D eigenvalue weighted by molar-refractivity contribution is 6.06. The number of rotatable bonds is 4. The Morgan fingerprint density at radius 3 is 2.62 bits per heavy atom. The monoisotopic (exact) mass is 395 g/mol. The van der Waals surface area contributed by atoms with Crippen molar-refractivity contribution in [1.29, 1.82) is 0 Å². The van der Waals surface area contributed by atoms with E-state index in [2.05, 4.69) is 32.4 Å². The van der Waals surface area contributed by atoms with Crippen LogP contribution in [0.2, 0.25) is 0 Å². The lowest BCUT2D eigenvalue weighted by atomic mass is 10.1. The first-order valence-electron chi connectivity index (χ1n) is 9.27. The predicted molar refractivity (Wildman–Crippen MR) is 108 cm³/mol. The van der Waals surface area contributed by atoms with Crippen LogP contribution in [0.3, 0.4) is 0 Å². The van der Waals surface area contributed by atoms with E-state index in [1.807, 2.05) is 0 Å². The highest BCUT2D eigenvalue weighted by Gasteiger charge is 2.21. The molecule has 29 heavy (non-hydrogen) atoms. The number of amides is 1. The van der Waals surface area contributed by atoms with Crippen molar-refractivity contribution in [1.82, 2.24) is 19.5 Å². The average Bonchev–Trinajstić information content (AvgIpc) is 3.09. The molecule has 0 bridgehead atoms. The zero-order valence-corrected chi connectivity index (χ0v) is 16.2. The Labute approximate surface area is 166 Å². The number of anilines is 2. The third kappa shape index (κ3) is 3.74. The molecule has 1 aromatic carbocycles. The topological polar surface area (TPSA) is 109 Å². The van der Waals surface area contributed by atoms with Crippen LogP contribution in [0.1, 0.15) is 16.2 Å². The molecule has 1 saturated heterocycles. The second kappa shape index (κ2) is 7.47. The lowest BCUT2D eigenvalue weighted by Crippen LogP contribution is -2.44. The molecule has 0 spiro atoms. The number of piperazine rings is 1. The van der Waals surface area contributed by atoms with Crippen molar-refractivity contribution in [3.05, 3.63) is 58.0 Å². The fourth-order valence-electron chi connectivity index (χ4n) is 3.39. The standard InChI is InChI=1S/C19H21N7O3/c1-13-21-22-18-6-3-14(12-25(13)18)19(27)20-16-11-15(26(28)29)4-5-17(16)24-9-7-23(2)8-10-24/h3-6,11-12H,7-10H2,1-2H3,(H,20,27). The van der Waals surface area contributed by atoms with Crippen LogP contribution in [-0.4, -0.2) is 63.6 Å². The number of benzene rings is 1. The van der Waals surface area contributed by atoms with Crippen LogP contribution in [0, 0.1) is 17.0 Å². The smallest absolute Gasteiger partial charge is 0.271 e. The summed E-state index contributed by atoms with van der Waals surface area (Å²) in [5.41, 5.74) is 2.19. The maximum absolute atomic E-state index is 12.9. The Hall–Kier alpha value is -3.53. The molecule has 1 aliphatic heterocycles. The van der Waals surface area contributed by atoms with Crippen LogP contribution in [0.5, 0.6) is 0 Å². The number of carbonyl (C=O) groups excluding carboxylic acids is 1. The van der Waals surface area contributed by atoms with Gasteiger partial charge in [-0.3, -0.25) is 19.3 Å². The average molecular weight is 395 g/mol. The van der Waals surface area contributed by atoms with Gasteiger partial charge in [0.05, 0.1) is 21.9 Å². The minimum absolute atomic E-state index is 0.0664. The van der Waals surface area contributed by atoms with Crippen molar-refractivity contribution < 1.29 is 9.72 Å². The summed E-state index contributed by atoms with van der Waals surface area (Å²) in [4.78, 5) is 28.0. The van der Waals surface area contributed by atoms with Crippen LogP contribution in [0.4, 0.5) is 17.1 Å². The third-order valence-electron chi connectivity index (χ3n) is 5.12. The van der Waals surface area contributed by atoms with E-state index in [0.717, 1.165) is 31.9 Å². The largest absolute Gasteiger partial charge is 0.367 e. The van der Waals surface area contributed by atoms with Gasteiger partial charge in [0.25, 0.3) is 11.6 Å². The lowest BCUT2D eigenvalue weighted by Gasteiger charge is -2.35. The van der Waals surface area contributed by atoms with Crippen molar-refractivity contribution in [3.8, 4) is 0 Å². The Morgan fingerprint density at radius 1 is 1.14 bits per heavy atom. The zero-order valence-electron chi connectivity index (χ0n) is 16.2. The molecular formula is C19H21N7O3. The molecule has 0 atom stereocenters. The normalized spacial score (nSPS) is 14.9. The maximum atomic E-state index is 12.9. The molecule has 0 radical (unpaired) electrons. The molecule has 0 saturated carbocycles. The van der Waals surface area contributed by atoms with Gasteiger partial charge in [-0.05, 0) is 32.2 Å². The highest BCUT2D eigenvalue weighted by Crippen LogP contribution is 2.31. The molecular weight excluding hydrogens is 374 g/mol. The molecule has 10 heteroatoms. The molecule has 1 N–H and O–H groups in total. The van der Waals surface area contributed by atoms with Crippen molar-refractivity contribution in [3.63, 3.8) is 0 Å². The van der Waals surface area contributed by atoms with Crippen molar-refractivity contribution in [2.75, 3.05) is 43.4 Å². The van der Waals surface area contributed by atoms with E-state index in [1.54, 1.807) is 35.7 Å². The molecule has 10 nitrogen and oxygen atoms in total. The molecule has 0 aliphatic carbocycles. The number of aryl methyl sites for hydroxylation is 1. The summed E-state index contributed by atoms with van der Waals surface area (Å²) in [5, 5.41) is 22.1. The first-order chi connectivity index (χ1) is 13.9. The molecule has 1 amide bonds. The van der Waals surface area contributed by atoms with Gasteiger partial charge in [0, 0.05) is 44.5 Å². The zero-order chi connectivity index (χ0) is 20.5. The van der Waals surface area contributed by atoms with Gasteiger partial charge in [-0.1, -0.05) is 0 Å². The Morgan fingerprint density at radius 2 is 1.90 bits per heavy atom. The van der Waals surface area contributed by atoms with E-state index in [-0.39, 0.29) is 11.6 Å². The first-order valence-corrected chi connectivity index (χ1v) is 9.27. The van der Waals surface area contributed by atoms with Crippen molar-refractivity contribution >= 4 is 28.6 Å². The molecule has 1 aliphatic rings.